The zero-order valence-electron chi connectivity index (χ0n) is 6.83. The number of rotatable bonds is 2. The van der Waals surface area contributed by atoms with Gasteiger partial charge in [-0.1, -0.05) is 0 Å². The van der Waals surface area contributed by atoms with E-state index in [0.717, 1.165) is 23.1 Å². The van der Waals surface area contributed by atoms with Crippen LogP contribution in [0.5, 0.6) is 0 Å². The van der Waals surface area contributed by atoms with Crippen molar-refractivity contribution in [1.82, 2.24) is 9.55 Å². The Morgan fingerprint density at radius 1 is 1.69 bits per heavy atom. The molecular weight excluding hydrogens is 239 g/mol. The lowest BCUT2D eigenvalue weighted by atomic mass is 10.3. The number of aromatic nitrogens is 2. The Labute approximate surface area is 82.7 Å². The predicted octanol–water partition coefficient (Wildman–Crippen LogP) is 1.81. The molecule has 13 heavy (non-hydrogen) atoms. The smallest absolute Gasteiger partial charge is 0.269 e. The minimum atomic E-state index is -0.824. The number of hydrogen-bond acceptors (Lipinski definition) is 2. The highest BCUT2D eigenvalue weighted by Crippen LogP contribution is 2.40. The Morgan fingerprint density at radius 2 is 2.38 bits per heavy atom. The molecule has 0 aromatic carbocycles. The van der Waals surface area contributed by atoms with Gasteiger partial charge in [0.2, 0.25) is 0 Å². The first-order valence-electron chi connectivity index (χ1n) is 4.05. The highest BCUT2D eigenvalue weighted by Gasteiger charge is 2.28. The third-order valence-electron chi connectivity index (χ3n) is 2.10. The Balaban J connectivity index is 2.51. The van der Waals surface area contributed by atoms with Crippen LogP contribution in [0.2, 0.25) is 0 Å². The molecule has 0 atom stereocenters. The molecular formula is C8H8BrFN2O. The van der Waals surface area contributed by atoms with Gasteiger partial charge in [-0.25, -0.2) is 9.37 Å². The van der Waals surface area contributed by atoms with E-state index < -0.39 is 6.80 Å². The van der Waals surface area contributed by atoms with Gasteiger partial charge in [-0.15, -0.1) is 0 Å². The summed E-state index contributed by atoms with van der Waals surface area (Å²) >= 11 is 3.15. The van der Waals surface area contributed by atoms with Crippen LogP contribution in [0.25, 0.3) is 0 Å². The molecule has 0 aliphatic heterocycles. The lowest BCUT2D eigenvalue weighted by Crippen LogP contribution is -2.21. The summed E-state index contributed by atoms with van der Waals surface area (Å²) < 4.78 is 13.6. The fourth-order valence-corrected chi connectivity index (χ4v) is 1.86. The van der Waals surface area contributed by atoms with Crippen LogP contribution in [0.3, 0.4) is 0 Å². The summed E-state index contributed by atoms with van der Waals surface area (Å²) in [6, 6.07) is 0. The van der Waals surface area contributed by atoms with Gasteiger partial charge in [-0.05, 0) is 28.8 Å². The first kappa shape index (κ1) is 8.87. The second kappa shape index (κ2) is 3.21. The molecule has 1 saturated carbocycles. The maximum atomic E-state index is 12.2. The summed E-state index contributed by atoms with van der Waals surface area (Å²) in [4.78, 5) is 15.4. The molecule has 1 aliphatic rings. The molecule has 1 fully saturated rings. The van der Waals surface area contributed by atoms with Crippen molar-refractivity contribution in [2.45, 2.75) is 25.6 Å². The van der Waals surface area contributed by atoms with E-state index in [1.54, 1.807) is 0 Å². The summed E-state index contributed by atoms with van der Waals surface area (Å²) in [7, 11) is 0. The molecule has 0 amide bonds. The average Bonchev–Trinajstić information content (AvgIpc) is 2.93. The first-order valence-corrected chi connectivity index (χ1v) is 4.84. The molecule has 3 nitrogen and oxygen atoms in total. The first-order chi connectivity index (χ1) is 6.24. The van der Waals surface area contributed by atoms with Crippen LogP contribution >= 0.6 is 15.9 Å². The van der Waals surface area contributed by atoms with Crippen molar-refractivity contribution in [3.05, 3.63) is 26.8 Å². The van der Waals surface area contributed by atoms with E-state index in [4.69, 9.17) is 0 Å². The van der Waals surface area contributed by atoms with Gasteiger partial charge in [0.05, 0.1) is 5.69 Å². The zero-order chi connectivity index (χ0) is 9.42. The maximum absolute atomic E-state index is 12.2. The van der Waals surface area contributed by atoms with E-state index in [-0.39, 0.29) is 5.56 Å². The minimum absolute atomic E-state index is 0.334. The van der Waals surface area contributed by atoms with Gasteiger partial charge in [0.1, 0.15) is 10.8 Å². The quantitative estimate of drug-likeness (QED) is 0.798. The highest BCUT2D eigenvalue weighted by molar-refractivity contribution is 9.10. The Bertz CT molecular complexity index is 386. The molecule has 0 saturated heterocycles. The van der Waals surface area contributed by atoms with Crippen molar-refractivity contribution < 1.29 is 4.39 Å². The largest absolute Gasteiger partial charge is 0.270 e. The molecule has 0 spiro atoms. The molecule has 1 heterocycles. The van der Waals surface area contributed by atoms with Crippen molar-refractivity contribution in [2.24, 2.45) is 0 Å². The Hall–Kier alpha value is -0.710. The van der Waals surface area contributed by atoms with E-state index in [2.05, 4.69) is 20.9 Å². The topological polar surface area (TPSA) is 34.9 Å². The van der Waals surface area contributed by atoms with Gasteiger partial charge in [-0.3, -0.25) is 9.36 Å². The standard InChI is InChI=1S/C8H8BrFN2O/c9-6-7(5-1-2-5)11-4-12(3-10)8(6)13/h4-5H,1-3H2. The molecule has 1 aromatic rings. The van der Waals surface area contributed by atoms with Crippen LogP contribution in [0.1, 0.15) is 24.5 Å². The van der Waals surface area contributed by atoms with Gasteiger partial charge in [0.25, 0.3) is 5.56 Å². The Morgan fingerprint density at radius 3 is 2.92 bits per heavy atom. The van der Waals surface area contributed by atoms with Crippen LogP contribution in [-0.4, -0.2) is 9.55 Å². The molecule has 0 radical (unpaired) electrons. The van der Waals surface area contributed by atoms with Crippen molar-refractivity contribution in [2.75, 3.05) is 0 Å². The van der Waals surface area contributed by atoms with Crippen LogP contribution in [-0.2, 0) is 6.80 Å². The number of halogens is 2. The number of nitrogens with zero attached hydrogens (tertiary/aromatic N) is 2. The lowest BCUT2D eigenvalue weighted by molar-refractivity contribution is 0.364. The lowest BCUT2D eigenvalue weighted by Gasteiger charge is -2.03. The maximum Gasteiger partial charge on any atom is 0.270 e. The van der Waals surface area contributed by atoms with E-state index in [1.807, 2.05) is 0 Å². The number of hydrogen-bond donors (Lipinski definition) is 0. The fourth-order valence-electron chi connectivity index (χ4n) is 1.20. The molecule has 1 aliphatic carbocycles. The average molecular weight is 247 g/mol. The van der Waals surface area contributed by atoms with Crippen LogP contribution in [0.4, 0.5) is 4.39 Å². The van der Waals surface area contributed by atoms with Crippen molar-refractivity contribution >= 4 is 15.9 Å². The van der Waals surface area contributed by atoms with Gasteiger partial charge < -0.3 is 0 Å². The molecule has 1 aromatic heterocycles. The zero-order valence-corrected chi connectivity index (χ0v) is 8.42. The summed E-state index contributed by atoms with van der Waals surface area (Å²) in [5, 5.41) is 0. The van der Waals surface area contributed by atoms with Crippen LogP contribution in [0, 0.1) is 0 Å². The van der Waals surface area contributed by atoms with Gasteiger partial charge >= 0.3 is 0 Å². The monoisotopic (exact) mass is 246 g/mol. The Kier molecular flexibility index (Phi) is 2.19. The summed E-state index contributed by atoms with van der Waals surface area (Å²) in [6.07, 6.45) is 3.41. The van der Waals surface area contributed by atoms with E-state index in [9.17, 15) is 9.18 Å². The SMILES string of the molecule is O=c1c(Br)c(C2CC2)ncn1CF. The second-order valence-electron chi connectivity index (χ2n) is 3.11. The van der Waals surface area contributed by atoms with E-state index in [0.29, 0.717) is 10.4 Å². The third kappa shape index (κ3) is 1.52. The molecule has 0 unspecified atom stereocenters. The molecule has 5 heteroatoms. The van der Waals surface area contributed by atoms with Crippen molar-refractivity contribution in [3.63, 3.8) is 0 Å². The van der Waals surface area contributed by atoms with Crippen LogP contribution in [0.15, 0.2) is 15.6 Å². The van der Waals surface area contributed by atoms with Gasteiger partial charge in [0.15, 0.2) is 6.80 Å². The van der Waals surface area contributed by atoms with Crippen molar-refractivity contribution in [1.29, 1.82) is 0 Å². The van der Waals surface area contributed by atoms with Gasteiger partial charge in [-0.2, -0.15) is 0 Å². The van der Waals surface area contributed by atoms with E-state index in [1.165, 1.54) is 6.33 Å². The molecule has 2 rings (SSSR count). The summed E-state index contributed by atoms with van der Waals surface area (Å²) in [5.74, 6) is 0.399. The highest BCUT2D eigenvalue weighted by atomic mass is 79.9. The fraction of sp³-hybridized carbons (Fsp3) is 0.500. The molecule has 0 bridgehead atoms. The van der Waals surface area contributed by atoms with Crippen LogP contribution < -0.4 is 5.56 Å². The van der Waals surface area contributed by atoms with Crippen molar-refractivity contribution in [3.8, 4) is 0 Å². The van der Waals surface area contributed by atoms with Gasteiger partial charge in [0, 0.05) is 5.92 Å². The number of alkyl halides is 1. The van der Waals surface area contributed by atoms with E-state index >= 15 is 0 Å². The normalized spacial score (nSPS) is 16.2. The summed E-state index contributed by atoms with van der Waals surface area (Å²) in [5.41, 5.74) is 0.439. The summed E-state index contributed by atoms with van der Waals surface area (Å²) in [6.45, 7) is -0.824. The minimum Gasteiger partial charge on any atom is -0.269 e. The third-order valence-corrected chi connectivity index (χ3v) is 2.85. The second-order valence-corrected chi connectivity index (χ2v) is 3.91. The molecule has 0 N–H and O–H groups in total. The predicted molar refractivity (Wildman–Crippen MR) is 49.3 cm³/mol. The molecule has 70 valence electrons.